The van der Waals surface area contributed by atoms with Gasteiger partial charge in [-0.2, -0.15) is 0 Å². The van der Waals surface area contributed by atoms with E-state index in [1.165, 1.54) is 95.6 Å². The molecule has 0 amide bonds. The second-order valence-electron chi connectivity index (χ2n) is 9.73. The van der Waals surface area contributed by atoms with Gasteiger partial charge in [0.15, 0.2) is 0 Å². The Labute approximate surface area is 189 Å². The van der Waals surface area contributed by atoms with E-state index in [-0.39, 0.29) is 10.6 Å². The SMILES string of the molecule is CCCCCCCCN(C1CCCCC1)C1CCN(Cc2ccc([N+](=O)[O-])cc2)CC1. The van der Waals surface area contributed by atoms with Crippen LogP contribution < -0.4 is 0 Å². The topological polar surface area (TPSA) is 49.6 Å². The van der Waals surface area contributed by atoms with Crippen molar-refractivity contribution in [2.75, 3.05) is 19.6 Å². The van der Waals surface area contributed by atoms with Crippen molar-refractivity contribution in [3.63, 3.8) is 0 Å². The summed E-state index contributed by atoms with van der Waals surface area (Å²) >= 11 is 0. The first-order valence-electron chi connectivity index (χ1n) is 12.9. The molecule has 3 rings (SSSR count). The van der Waals surface area contributed by atoms with Crippen LogP contribution in [0.25, 0.3) is 0 Å². The second-order valence-corrected chi connectivity index (χ2v) is 9.73. The summed E-state index contributed by atoms with van der Waals surface area (Å²) in [5, 5.41) is 10.9. The van der Waals surface area contributed by atoms with Crippen molar-refractivity contribution >= 4 is 5.69 Å². The third-order valence-corrected chi connectivity index (χ3v) is 7.39. The van der Waals surface area contributed by atoms with Gasteiger partial charge < -0.3 is 0 Å². The Morgan fingerprint density at radius 3 is 2.16 bits per heavy atom. The van der Waals surface area contributed by atoms with Gasteiger partial charge in [-0.25, -0.2) is 0 Å². The highest BCUT2D eigenvalue weighted by Crippen LogP contribution is 2.29. The average molecular weight is 430 g/mol. The minimum atomic E-state index is -0.321. The Bertz CT molecular complexity index is 635. The molecule has 1 heterocycles. The van der Waals surface area contributed by atoms with E-state index in [1.54, 1.807) is 12.1 Å². The van der Waals surface area contributed by atoms with Crippen molar-refractivity contribution in [3.8, 4) is 0 Å². The van der Waals surface area contributed by atoms with Crippen LogP contribution in [0.1, 0.15) is 96.0 Å². The molecule has 2 fully saturated rings. The molecule has 1 saturated heterocycles. The summed E-state index contributed by atoms with van der Waals surface area (Å²) in [7, 11) is 0. The Morgan fingerprint density at radius 2 is 1.52 bits per heavy atom. The van der Waals surface area contributed by atoms with Crippen LogP contribution in [0.15, 0.2) is 24.3 Å². The van der Waals surface area contributed by atoms with Gasteiger partial charge in [0.25, 0.3) is 5.69 Å². The van der Waals surface area contributed by atoms with Gasteiger partial charge in [-0.3, -0.25) is 19.9 Å². The van der Waals surface area contributed by atoms with Gasteiger partial charge in [0.05, 0.1) is 4.92 Å². The summed E-state index contributed by atoms with van der Waals surface area (Å²) in [6, 6.07) is 8.65. The third-order valence-electron chi connectivity index (χ3n) is 7.39. The zero-order valence-electron chi connectivity index (χ0n) is 19.6. The number of unbranched alkanes of at least 4 members (excludes halogenated alkanes) is 5. The van der Waals surface area contributed by atoms with E-state index >= 15 is 0 Å². The lowest BCUT2D eigenvalue weighted by molar-refractivity contribution is -0.384. The molecule has 0 bridgehead atoms. The Hall–Kier alpha value is -1.46. The number of non-ortho nitro benzene ring substituents is 1. The minimum Gasteiger partial charge on any atom is -0.299 e. The summed E-state index contributed by atoms with van der Waals surface area (Å²) in [5.41, 5.74) is 1.36. The van der Waals surface area contributed by atoms with E-state index in [0.29, 0.717) is 0 Å². The fourth-order valence-corrected chi connectivity index (χ4v) is 5.54. The van der Waals surface area contributed by atoms with E-state index in [0.717, 1.165) is 31.7 Å². The van der Waals surface area contributed by atoms with Crippen LogP contribution >= 0.6 is 0 Å². The number of hydrogen-bond donors (Lipinski definition) is 0. The molecule has 1 aromatic carbocycles. The lowest BCUT2D eigenvalue weighted by atomic mass is 9.90. The number of piperidine rings is 1. The van der Waals surface area contributed by atoms with E-state index in [9.17, 15) is 10.1 Å². The van der Waals surface area contributed by atoms with E-state index in [2.05, 4.69) is 16.7 Å². The normalized spacial score (nSPS) is 19.2. The molecule has 31 heavy (non-hydrogen) atoms. The summed E-state index contributed by atoms with van der Waals surface area (Å²) in [6.07, 6.45) is 17.9. The lowest BCUT2D eigenvalue weighted by Gasteiger charge is -2.44. The predicted octanol–water partition coefficient (Wildman–Crippen LogP) is 6.55. The zero-order chi connectivity index (χ0) is 21.9. The number of nitro groups is 1. The average Bonchev–Trinajstić information content (AvgIpc) is 2.80. The molecule has 5 heteroatoms. The van der Waals surface area contributed by atoms with Crippen molar-refractivity contribution in [1.82, 2.24) is 9.80 Å². The van der Waals surface area contributed by atoms with Crippen LogP contribution in [0.5, 0.6) is 0 Å². The molecule has 0 N–H and O–H groups in total. The maximum atomic E-state index is 10.9. The fraction of sp³-hybridized carbons (Fsp3) is 0.769. The Kier molecular flexibility index (Phi) is 10.3. The molecule has 5 nitrogen and oxygen atoms in total. The summed E-state index contributed by atoms with van der Waals surface area (Å²) in [4.78, 5) is 16.0. The summed E-state index contributed by atoms with van der Waals surface area (Å²) in [5.74, 6) is 0. The standard InChI is InChI=1S/C26H43N3O2/c1-2-3-4-5-6-10-19-28(24-11-8-7-9-12-24)25-17-20-27(21-18-25)22-23-13-15-26(16-14-23)29(30)31/h13-16,24-25H,2-12,17-22H2,1H3. The van der Waals surface area contributed by atoms with Crippen molar-refractivity contribution in [2.24, 2.45) is 0 Å². The quantitative estimate of drug-likeness (QED) is 0.215. The Balaban J connectivity index is 1.47. The van der Waals surface area contributed by atoms with Gasteiger partial charge in [0.2, 0.25) is 0 Å². The predicted molar refractivity (Wildman–Crippen MR) is 128 cm³/mol. The number of likely N-dealkylation sites (tertiary alicyclic amines) is 1. The number of hydrogen-bond acceptors (Lipinski definition) is 4. The highest BCUT2D eigenvalue weighted by atomic mass is 16.6. The first-order valence-corrected chi connectivity index (χ1v) is 12.9. The maximum Gasteiger partial charge on any atom is 0.269 e. The lowest BCUT2D eigenvalue weighted by Crippen LogP contribution is -2.49. The largest absolute Gasteiger partial charge is 0.299 e. The van der Waals surface area contributed by atoms with Crippen LogP contribution in [0.4, 0.5) is 5.69 Å². The summed E-state index contributed by atoms with van der Waals surface area (Å²) < 4.78 is 0. The van der Waals surface area contributed by atoms with Crippen LogP contribution in [0.2, 0.25) is 0 Å². The van der Waals surface area contributed by atoms with Gasteiger partial charge in [-0.15, -0.1) is 0 Å². The third kappa shape index (κ3) is 7.87. The molecule has 1 aliphatic carbocycles. The number of nitrogens with zero attached hydrogens (tertiary/aromatic N) is 3. The molecule has 0 spiro atoms. The fourth-order valence-electron chi connectivity index (χ4n) is 5.54. The number of nitro benzene ring substituents is 1. The smallest absolute Gasteiger partial charge is 0.269 e. The van der Waals surface area contributed by atoms with Gasteiger partial charge in [0.1, 0.15) is 0 Å². The van der Waals surface area contributed by atoms with E-state index in [4.69, 9.17) is 0 Å². The molecule has 0 aromatic heterocycles. The van der Waals surface area contributed by atoms with Crippen molar-refractivity contribution in [1.29, 1.82) is 0 Å². The van der Waals surface area contributed by atoms with E-state index in [1.807, 2.05) is 12.1 Å². The van der Waals surface area contributed by atoms with E-state index < -0.39 is 0 Å². The molecular formula is C26H43N3O2. The first-order chi connectivity index (χ1) is 15.2. The van der Waals surface area contributed by atoms with Gasteiger partial charge in [-0.05, 0) is 57.3 Å². The molecule has 0 radical (unpaired) electrons. The zero-order valence-corrected chi connectivity index (χ0v) is 19.6. The highest BCUT2D eigenvalue weighted by molar-refractivity contribution is 5.32. The van der Waals surface area contributed by atoms with Crippen molar-refractivity contribution < 1.29 is 4.92 Å². The molecule has 1 aromatic rings. The molecule has 0 unspecified atom stereocenters. The molecule has 0 atom stereocenters. The minimum absolute atomic E-state index is 0.181. The van der Waals surface area contributed by atoms with Gasteiger partial charge in [0, 0.05) is 30.8 Å². The number of benzene rings is 1. The number of rotatable bonds is 12. The molecule has 174 valence electrons. The van der Waals surface area contributed by atoms with Crippen LogP contribution in [0, 0.1) is 10.1 Å². The van der Waals surface area contributed by atoms with Gasteiger partial charge in [-0.1, -0.05) is 70.4 Å². The molecule has 1 aliphatic heterocycles. The van der Waals surface area contributed by atoms with Crippen LogP contribution in [-0.4, -0.2) is 46.4 Å². The van der Waals surface area contributed by atoms with Crippen LogP contribution in [-0.2, 0) is 6.54 Å². The maximum absolute atomic E-state index is 10.9. The highest BCUT2D eigenvalue weighted by Gasteiger charge is 2.30. The van der Waals surface area contributed by atoms with Crippen molar-refractivity contribution in [2.45, 2.75) is 109 Å². The second kappa shape index (κ2) is 13.2. The summed E-state index contributed by atoms with van der Waals surface area (Å²) in [6.45, 7) is 6.77. The van der Waals surface area contributed by atoms with Gasteiger partial charge >= 0.3 is 0 Å². The Morgan fingerprint density at radius 1 is 0.903 bits per heavy atom. The molecule has 2 aliphatic rings. The van der Waals surface area contributed by atoms with Crippen LogP contribution in [0.3, 0.4) is 0 Å². The molecular weight excluding hydrogens is 386 g/mol. The monoisotopic (exact) mass is 429 g/mol. The molecule has 1 saturated carbocycles. The van der Waals surface area contributed by atoms with Crippen molar-refractivity contribution in [3.05, 3.63) is 39.9 Å². The first kappa shape index (κ1) is 24.2.